The molecule has 1 atom stereocenters. The molecule has 6 rings (SSSR count). The van der Waals surface area contributed by atoms with Crippen LogP contribution in [0.5, 0.6) is 0 Å². The van der Waals surface area contributed by atoms with E-state index in [2.05, 4.69) is 28.8 Å². The fourth-order valence-corrected chi connectivity index (χ4v) is 5.65. The molecular weight excluding hydrogens is 524 g/mol. The van der Waals surface area contributed by atoms with Crippen LogP contribution in [-0.4, -0.2) is 35.1 Å². The number of anilines is 1. The lowest BCUT2D eigenvalue weighted by Crippen LogP contribution is -2.50. The zero-order valence-corrected chi connectivity index (χ0v) is 21.9. The molecule has 1 aromatic heterocycles. The van der Waals surface area contributed by atoms with E-state index < -0.39 is 29.6 Å². The molecule has 0 amide bonds. The van der Waals surface area contributed by atoms with E-state index in [-0.39, 0.29) is 23.8 Å². The van der Waals surface area contributed by atoms with Crippen molar-refractivity contribution in [3.05, 3.63) is 94.9 Å². The average Bonchev–Trinajstić information content (AvgIpc) is 3.29. The second-order valence-electron chi connectivity index (χ2n) is 10.1. The number of carbonyl (C=O) groups excluding carboxylic acids is 1. The van der Waals surface area contributed by atoms with Gasteiger partial charge in [0.15, 0.2) is 0 Å². The Labute approximate surface area is 228 Å². The van der Waals surface area contributed by atoms with Crippen LogP contribution < -0.4 is 4.90 Å². The molecule has 40 heavy (non-hydrogen) atoms. The first-order valence-electron chi connectivity index (χ1n) is 12.9. The molecule has 6 nitrogen and oxygen atoms in total. The molecule has 0 saturated heterocycles. The van der Waals surface area contributed by atoms with Gasteiger partial charge in [-0.15, -0.1) is 0 Å². The molecule has 1 unspecified atom stereocenters. The van der Waals surface area contributed by atoms with Gasteiger partial charge in [-0.25, -0.2) is 9.38 Å². The third kappa shape index (κ3) is 4.47. The molecule has 0 bridgehead atoms. The Morgan fingerprint density at radius 3 is 2.62 bits per heavy atom. The summed E-state index contributed by atoms with van der Waals surface area (Å²) in [5, 5.41) is 1.09. The third-order valence-corrected chi connectivity index (χ3v) is 7.53. The van der Waals surface area contributed by atoms with E-state index in [1.54, 1.807) is 17.0 Å². The van der Waals surface area contributed by atoms with E-state index in [9.17, 15) is 18.0 Å². The average molecular weight is 551 g/mol. The van der Waals surface area contributed by atoms with Gasteiger partial charge in [0.1, 0.15) is 11.5 Å². The Balaban J connectivity index is 1.51. The molecular formula is C30H26F4N4O2. The number of fused-ring (bicyclic) bond motifs is 4. The van der Waals surface area contributed by atoms with Crippen molar-refractivity contribution in [2.75, 3.05) is 18.6 Å². The standard InChI is InChI=1S/C30H26F4N4O2/c1-18-9-10-25-19(13-18)14-22-17-36(11-12-37(22)25)29-35-28-23(7-4-8-24(28)31)26(16-27(39)40-2)38(29)21-6-3-5-20(15-21)30(32,33)34/h3-10,13-15,26H,11-12,16-17H2,1-2H3. The number of aryl methyl sites for hydroxylation is 1. The molecule has 0 aliphatic carbocycles. The first-order chi connectivity index (χ1) is 19.1. The fourth-order valence-electron chi connectivity index (χ4n) is 5.65. The highest BCUT2D eigenvalue weighted by molar-refractivity contribution is 6.01. The molecule has 2 aliphatic rings. The lowest BCUT2D eigenvalue weighted by molar-refractivity contribution is -0.141. The Hall–Kier alpha value is -4.34. The molecule has 2 aliphatic heterocycles. The van der Waals surface area contributed by atoms with Crippen LogP contribution in [0.15, 0.2) is 71.7 Å². The minimum absolute atomic E-state index is 0.0661. The van der Waals surface area contributed by atoms with E-state index in [1.165, 1.54) is 25.3 Å². The summed E-state index contributed by atoms with van der Waals surface area (Å²) in [6.45, 7) is 3.51. The smallest absolute Gasteiger partial charge is 0.416 e. The number of esters is 1. The molecule has 0 fully saturated rings. The van der Waals surface area contributed by atoms with Crippen molar-refractivity contribution in [2.45, 2.75) is 38.7 Å². The number of aromatic nitrogens is 1. The molecule has 0 spiro atoms. The Bertz CT molecular complexity index is 1660. The fraction of sp³-hybridized carbons (Fsp3) is 0.267. The lowest BCUT2D eigenvalue weighted by Gasteiger charge is -2.43. The van der Waals surface area contributed by atoms with Gasteiger partial charge in [0.25, 0.3) is 0 Å². The number of hydrogen-bond donors (Lipinski definition) is 0. The number of ether oxygens (including phenoxy) is 1. The van der Waals surface area contributed by atoms with Crippen molar-refractivity contribution in [2.24, 2.45) is 4.99 Å². The molecule has 0 radical (unpaired) electrons. The van der Waals surface area contributed by atoms with Gasteiger partial charge in [0.2, 0.25) is 5.96 Å². The summed E-state index contributed by atoms with van der Waals surface area (Å²) in [5.41, 5.74) is 3.06. The van der Waals surface area contributed by atoms with Gasteiger partial charge < -0.3 is 19.1 Å². The number of hydrogen-bond acceptors (Lipinski definition) is 5. The van der Waals surface area contributed by atoms with Crippen molar-refractivity contribution in [3.63, 3.8) is 0 Å². The highest BCUT2D eigenvalue weighted by atomic mass is 19.4. The van der Waals surface area contributed by atoms with Gasteiger partial charge in [-0.3, -0.25) is 4.79 Å². The van der Waals surface area contributed by atoms with Crippen LogP contribution in [0.25, 0.3) is 10.9 Å². The summed E-state index contributed by atoms with van der Waals surface area (Å²) in [6, 6.07) is 16.8. The zero-order valence-electron chi connectivity index (χ0n) is 21.9. The largest absolute Gasteiger partial charge is 0.469 e. The third-order valence-electron chi connectivity index (χ3n) is 7.53. The number of carbonyl (C=O) groups is 1. The zero-order chi connectivity index (χ0) is 28.2. The SMILES string of the molecule is COC(=O)CC1c2cccc(F)c2N=C(N2CCn3c(cc4cc(C)ccc43)C2)N1c1cccc(C(F)(F)F)c1. The Kier molecular flexibility index (Phi) is 6.28. The van der Waals surface area contributed by atoms with Crippen LogP contribution in [0.1, 0.15) is 34.8 Å². The maximum absolute atomic E-state index is 15.2. The van der Waals surface area contributed by atoms with Crippen molar-refractivity contribution >= 4 is 34.2 Å². The summed E-state index contributed by atoms with van der Waals surface area (Å²) in [6.07, 6.45) is -4.79. The summed E-state index contributed by atoms with van der Waals surface area (Å²) in [5.74, 6) is -0.874. The molecule has 3 heterocycles. The predicted molar refractivity (Wildman–Crippen MR) is 144 cm³/mol. The van der Waals surface area contributed by atoms with Gasteiger partial charge in [-0.05, 0) is 49.4 Å². The van der Waals surface area contributed by atoms with Crippen LogP contribution >= 0.6 is 0 Å². The van der Waals surface area contributed by atoms with E-state index in [0.29, 0.717) is 25.2 Å². The van der Waals surface area contributed by atoms with E-state index in [4.69, 9.17) is 9.73 Å². The summed E-state index contributed by atoms with van der Waals surface area (Å²) in [7, 11) is 1.24. The van der Waals surface area contributed by atoms with E-state index in [1.807, 2.05) is 11.8 Å². The molecule has 4 aromatic rings. The number of benzene rings is 3. The van der Waals surface area contributed by atoms with Crippen LogP contribution in [0.2, 0.25) is 0 Å². The molecule has 206 valence electrons. The van der Waals surface area contributed by atoms with Crippen molar-refractivity contribution in [3.8, 4) is 0 Å². The summed E-state index contributed by atoms with van der Waals surface area (Å²) >= 11 is 0. The number of halogens is 4. The summed E-state index contributed by atoms with van der Waals surface area (Å²) < 4.78 is 63.6. The first kappa shape index (κ1) is 25.9. The second kappa shape index (κ2) is 9.69. The Morgan fingerprint density at radius 1 is 1.05 bits per heavy atom. The normalized spacial score (nSPS) is 16.9. The van der Waals surface area contributed by atoms with Crippen molar-refractivity contribution in [1.82, 2.24) is 9.47 Å². The number of alkyl halides is 3. The first-order valence-corrected chi connectivity index (χ1v) is 12.9. The van der Waals surface area contributed by atoms with Gasteiger partial charge in [-0.2, -0.15) is 13.2 Å². The molecule has 0 N–H and O–H groups in total. The summed E-state index contributed by atoms with van der Waals surface area (Å²) in [4.78, 5) is 20.8. The topological polar surface area (TPSA) is 50.1 Å². The quantitative estimate of drug-likeness (QED) is 0.210. The second-order valence-corrected chi connectivity index (χ2v) is 10.1. The van der Waals surface area contributed by atoms with Crippen LogP contribution in [0.3, 0.4) is 0 Å². The number of guanidine groups is 1. The minimum atomic E-state index is -4.57. The van der Waals surface area contributed by atoms with E-state index in [0.717, 1.165) is 34.3 Å². The number of methoxy groups -OCH3 is 1. The van der Waals surface area contributed by atoms with Crippen LogP contribution in [0, 0.1) is 12.7 Å². The molecule has 0 saturated carbocycles. The predicted octanol–water partition coefficient (Wildman–Crippen LogP) is 6.74. The highest BCUT2D eigenvalue weighted by Gasteiger charge is 2.39. The number of para-hydroxylation sites is 1. The van der Waals surface area contributed by atoms with Gasteiger partial charge in [-0.1, -0.05) is 29.8 Å². The Morgan fingerprint density at radius 2 is 1.85 bits per heavy atom. The maximum atomic E-state index is 15.2. The lowest BCUT2D eigenvalue weighted by atomic mass is 9.97. The van der Waals surface area contributed by atoms with Gasteiger partial charge >= 0.3 is 12.1 Å². The number of nitrogens with zero attached hydrogens (tertiary/aromatic N) is 4. The highest BCUT2D eigenvalue weighted by Crippen LogP contribution is 2.43. The number of rotatable bonds is 3. The maximum Gasteiger partial charge on any atom is 0.416 e. The molecule has 3 aromatic carbocycles. The molecule has 10 heteroatoms. The monoisotopic (exact) mass is 550 g/mol. The minimum Gasteiger partial charge on any atom is -0.469 e. The number of aliphatic imine (C=N–C) groups is 1. The van der Waals surface area contributed by atoms with Gasteiger partial charge in [0.05, 0.1) is 31.7 Å². The van der Waals surface area contributed by atoms with Crippen molar-refractivity contribution in [1.29, 1.82) is 0 Å². The van der Waals surface area contributed by atoms with Gasteiger partial charge in [0, 0.05) is 40.9 Å². The van der Waals surface area contributed by atoms with E-state index >= 15 is 4.39 Å². The van der Waals surface area contributed by atoms with Crippen molar-refractivity contribution < 1.29 is 27.1 Å². The van der Waals surface area contributed by atoms with Crippen LogP contribution in [0.4, 0.5) is 28.9 Å². The van der Waals surface area contributed by atoms with Crippen LogP contribution in [-0.2, 0) is 28.8 Å².